The van der Waals surface area contributed by atoms with Crippen molar-refractivity contribution < 1.29 is 129 Å². The molecule has 26 heteroatoms. The molecular formula is C59H96O26. The quantitative estimate of drug-likeness (QED) is 0.0478. The third-order valence-corrected chi connectivity index (χ3v) is 23.5. The second kappa shape index (κ2) is 24.7. The Bertz CT molecular complexity index is 2330. The molecule has 10 rings (SSSR count). The van der Waals surface area contributed by atoms with Gasteiger partial charge in [0.1, 0.15) is 110 Å². The van der Waals surface area contributed by atoms with E-state index in [1.54, 1.807) is 0 Å². The predicted octanol–water partition coefficient (Wildman–Crippen LogP) is -2.69. The summed E-state index contributed by atoms with van der Waals surface area (Å²) in [5.41, 5.74) is -1.14. The van der Waals surface area contributed by atoms with E-state index in [9.17, 15) is 76.6 Å². The molecule has 0 aromatic carbocycles. The maximum atomic E-state index is 15.2. The van der Waals surface area contributed by atoms with Crippen molar-refractivity contribution in [2.24, 2.45) is 56.7 Å². The van der Waals surface area contributed by atoms with E-state index in [0.717, 1.165) is 37.7 Å². The second-order valence-electron chi connectivity index (χ2n) is 28.1. The smallest absolute Gasteiger partial charge is 0.314 e. The number of carbonyl (C=O) groups is 1. The van der Waals surface area contributed by atoms with Crippen molar-refractivity contribution in [3.05, 3.63) is 12.2 Å². The summed E-state index contributed by atoms with van der Waals surface area (Å²) in [7, 11) is 0. The van der Waals surface area contributed by atoms with Crippen LogP contribution < -0.4 is 0 Å². The van der Waals surface area contributed by atoms with E-state index in [0.29, 0.717) is 32.1 Å². The Labute approximate surface area is 494 Å². The van der Waals surface area contributed by atoms with Crippen LogP contribution >= 0.6 is 0 Å². The van der Waals surface area contributed by atoms with Crippen LogP contribution in [0.5, 0.6) is 0 Å². The van der Waals surface area contributed by atoms with E-state index in [1.807, 2.05) is 6.92 Å². The highest BCUT2D eigenvalue weighted by Gasteiger charge is 2.73. The van der Waals surface area contributed by atoms with Gasteiger partial charge in [-0.05, 0) is 129 Å². The second-order valence-corrected chi connectivity index (χ2v) is 28.1. The fourth-order valence-electron chi connectivity index (χ4n) is 18.4. The number of aliphatic hydroxyl groups is 15. The Morgan fingerprint density at radius 1 is 0.529 bits per heavy atom. The van der Waals surface area contributed by atoms with Gasteiger partial charge < -0.3 is 124 Å². The summed E-state index contributed by atoms with van der Waals surface area (Å²) in [5.74, 6) is -0.362. The maximum absolute atomic E-state index is 15.2. The molecule has 5 saturated heterocycles. The number of aliphatic hydroxyl groups excluding tert-OH is 15. The summed E-state index contributed by atoms with van der Waals surface area (Å²) in [6.45, 7) is 17.1. The van der Waals surface area contributed by atoms with Crippen LogP contribution in [0.3, 0.4) is 0 Å². The highest BCUT2D eigenvalue weighted by molar-refractivity contribution is 5.78. The molecule has 85 heavy (non-hydrogen) atoms. The monoisotopic (exact) mass is 1220 g/mol. The molecule has 15 N–H and O–H groups in total. The van der Waals surface area contributed by atoms with Crippen molar-refractivity contribution in [3.8, 4) is 0 Å². The van der Waals surface area contributed by atoms with E-state index in [2.05, 4.69) is 41.2 Å². The number of rotatable bonds is 14. The van der Waals surface area contributed by atoms with E-state index in [4.69, 9.17) is 47.4 Å². The number of fused-ring (bicyclic) bond motifs is 7. The standard InChI is InChI=1S/C59H96O26/c1-23(2)25-11-16-59(54(75)85-52-45(73)41(69)38(66)30(81-52)22-77-49-46(74)42(70)47(29(20-61)80-49)83-50-43(71)39(67)35(63)24(3)78-50)18-17-57(7)26(34(25)59)9-10-32-56(6)14-13-33(55(4,5)31(56)12-15-58(32,57)8)82-53-48(36(64)27(62)21-76-53)84-51-44(72)40(68)37(65)28(19-60)79-51/h24-53,60-74H,1,9-22H2,2-8H3. The van der Waals surface area contributed by atoms with Crippen LogP contribution in [-0.2, 0) is 52.2 Å². The maximum Gasteiger partial charge on any atom is 0.314 e. The van der Waals surface area contributed by atoms with Gasteiger partial charge in [0.05, 0.1) is 44.1 Å². The molecule has 34 atom stereocenters. The molecule has 26 nitrogen and oxygen atoms in total. The third kappa shape index (κ3) is 11.0. The zero-order valence-electron chi connectivity index (χ0n) is 49.6. The minimum atomic E-state index is -1.89. The van der Waals surface area contributed by atoms with Gasteiger partial charge in [0.15, 0.2) is 25.2 Å². The lowest BCUT2D eigenvalue weighted by Crippen LogP contribution is -2.68. The van der Waals surface area contributed by atoms with Crippen molar-refractivity contribution in [2.45, 2.75) is 266 Å². The predicted molar refractivity (Wildman–Crippen MR) is 288 cm³/mol. The van der Waals surface area contributed by atoms with Gasteiger partial charge in [-0.25, -0.2) is 0 Å². The molecule has 5 saturated carbocycles. The Hall–Kier alpha value is -1.75. The average Bonchev–Trinajstić information content (AvgIpc) is 1.60. The SMILES string of the molecule is C=C(C)C1CCC2(C(=O)OC3OC(COC4OC(CO)C(OC5OC(C)C(O)C(O)C5O)C(O)C4O)C(O)C(O)C3O)CCC3(C)C(CCC4C5(C)CCC(OC6OCC(O)C(O)C6OC6OC(CO)C(O)C(O)C6O)C(C)(C)C5CCC43C)C12. The minimum absolute atomic E-state index is 0.0370. The fourth-order valence-corrected chi connectivity index (χ4v) is 18.4. The van der Waals surface area contributed by atoms with Gasteiger partial charge in [0.2, 0.25) is 6.29 Å². The topological polar surface area (TPSA) is 413 Å². The van der Waals surface area contributed by atoms with Gasteiger partial charge >= 0.3 is 5.97 Å². The lowest BCUT2D eigenvalue weighted by Gasteiger charge is -2.73. The van der Waals surface area contributed by atoms with Crippen LogP contribution in [0.1, 0.15) is 113 Å². The van der Waals surface area contributed by atoms with E-state index in [-0.39, 0.29) is 52.4 Å². The summed E-state index contributed by atoms with van der Waals surface area (Å²) in [6.07, 6.45) is -31.5. The molecule has 0 radical (unpaired) electrons. The van der Waals surface area contributed by atoms with E-state index in [1.165, 1.54) is 6.92 Å². The van der Waals surface area contributed by atoms with Crippen molar-refractivity contribution in [2.75, 3.05) is 26.4 Å². The summed E-state index contributed by atoms with van der Waals surface area (Å²) >= 11 is 0. The number of allylic oxidation sites excluding steroid dienone is 1. The third-order valence-electron chi connectivity index (χ3n) is 23.5. The molecular weight excluding hydrogens is 1120 g/mol. The van der Waals surface area contributed by atoms with Crippen LogP contribution in [0.25, 0.3) is 0 Å². The molecule has 0 amide bonds. The lowest BCUT2D eigenvalue weighted by molar-refractivity contribution is -0.367. The lowest BCUT2D eigenvalue weighted by atomic mass is 9.32. The molecule has 34 unspecified atom stereocenters. The number of esters is 1. The van der Waals surface area contributed by atoms with Gasteiger partial charge in [-0.15, -0.1) is 0 Å². The number of ether oxygens (including phenoxy) is 10. The fraction of sp³-hybridized carbons (Fsp3) is 0.949. The Balaban J connectivity index is 0.812. The molecule has 10 aliphatic rings. The molecule has 5 aliphatic heterocycles. The van der Waals surface area contributed by atoms with Crippen LogP contribution in [0.4, 0.5) is 0 Å². The van der Waals surface area contributed by atoms with Gasteiger partial charge in [-0.3, -0.25) is 4.79 Å². The highest BCUT2D eigenvalue weighted by Crippen LogP contribution is 2.78. The van der Waals surface area contributed by atoms with Crippen LogP contribution in [0.2, 0.25) is 0 Å². The first-order valence-corrected chi connectivity index (χ1v) is 30.7. The largest absolute Gasteiger partial charge is 0.432 e. The summed E-state index contributed by atoms with van der Waals surface area (Å²) < 4.78 is 59.4. The molecule has 0 aromatic heterocycles. The minimum Gasteiger partial charge on any atom is -0.432 e. The van der Waals surface area contributed by atoms with E-state index < -0.39 is 190 Å². The first-order valence-electron chi connectivity index (χ1n) is 30.7. The molecule has 0 bridgehead atoms. The first-order chi connectivity index (χ1) is 39.9. The highest BCUT2D eigenvalue weighted by atomic mass is 16.8. The van der Waals surface area contributed by atoms with Gasteiger partial charge in [0.25, 0.3) is 0 Å². The number of hydrogen-bond donors (Lipinski definition) is 15. The van der Waals surface area contributed by atoms with Gasteiger partial charge in [0, 0.05) is 0 Å². The van der Waals surface area contributed by atoms with Crippen molar-refractivity contribution in [3.63, 3.8) is 0 Å². The van der Waals surface area contributed by atoms with Crippen molar-refractivity contribution in [1.29, 1.82) is 0 Å². The number of hydrogen-bond acceptors (Lipinski definition) is 26. The Kier molecular flexibility index (Phi) is 19.2. The molecule has 0 aromatic rings. The van der Waals surface area contributed by atoms with E-state index >= 15 is 4.79 Å². The molecule has 5 aliphatic carbocycles. The van der Waals surface area contributed by atoms with Crippen molar-refractivity contribution >= 4 is 5.97 Å². The van der Waals surface area contributed by atoms with Crippen LogP contribution in [0.15, 0.2) is 12.2 Å². The average molecular weight is 1220 g/mol. The zero-order valence-corrected chi connectivity index (χ0v) is 49.6. The summed E-state index contributed by atoms with van der Waals surface area (Å²) in [4.78, 5) is 15.2. The Morgan fingerprint density at radius 3 is 1.78 bits per heavy atom. The summed E-state index contributed by atoms with van der Waals surface area (Å²) in [5, 5.41) is 161. The van der Waals surface area contributed by atoms with Gasteiger partial charge in [-0.1, -0.05) is 46.8 Å². The first kappa shape index (κ1) is 66.2. The molecule has 5 heterocycles. The normalized spacial score (nSPS) is 55.1. The number of carbonyl (C=O) groups excluding carboxylic acids is 1. The molecule has 10 fully saturated rings. The molecule has 488 valence electrons. The van der Waals surface area contributed by atoms with Gasteiger partial charge in [-0.2, -0.15) is 0 Å². The summed E-state index contributed by atoms with van der Waals surface area (Å²) in [6, 6.07) is 0. The Morgan fingerprint density at radius 2 is 1.12 bits per heavy atom. The van der Waals surface area contributed by atoms with Crippen molar-refractivity contribution in [1.82, 2.24) is 0 Å². The van der Waals surface area contributed by atoms with Crippen LogP contribution in [-0.4, -0.2) is 263 Å². The van der Waals surface area contributed by atoms with Crippen LogP contribution in [0, 0.1) is 56.7 Å². The zero-order chi connectivity index (χ0) is 61.9. The molecule has 0 spiro atoms.